The highest BCUT2D eigenvalue weighted by Crippen LogP contribution is 2.25. The lowest BCUT2D eigenvalue weighted by molar-refractivity contribution is -0.122. The predicted molar refractivity (Wildman–Crippen MR) is 119 cm³/mol. The second-order valence-corrected chi connectivity index (χ2v) is 8.33. The molecule has 1 N–H and O–H groups in total. The van der Waals surface area contributed by atoms with Gasteiger partial charge in [0.25, 0.3) is 0 Å². The minimum Gasteiger partial charge on any atom is -0.480 e. The van der Waals surface area contributed by atoms with Gasteiger partial charge in [-0.25, -0.2) is 4.79 Å². The minimum atomic E-state index is -0.182. The molecule has 0 atom stereocenters. The zero-order valence-electron chi connectivity index (χ0n) is 17.9. The summed E-state index contributed by atoms with van der Waals surface area (Å²) in [7, 11) is 1.53. The van der Waals surface area contributed by atoms with Gasteiger partial charge in [-0.15, -0.1) is 0 Å². The Balaban J connectivity index is 1.22. The number of halogens is 1. The first-order valence-corrected chi connectivity index (χ1v) is 11.0. The van der Waals surface area contributed by atoms with Gasteiger partial charge < -0.3 is 19.7 Å². The summed E-state index contributed by atoms with van der Waals surface area (Å²) in [6.45, 7) is 1.08. The maximum absolute atomic E-state index is 12.7. The van der Waals surface area contributed by atoms with Crippen LogP contribution in [-0.4, -0.2) is 65.7 Å². The summed E-state index contributed by atoms with van der Waals surface area (Å²) >= 11 is 6.03. The van der Waals surface area contributed by atoms with E-state index in [1.807, 2.05) is 6.07 Å². The van der Waals surface area contributed by atoms with E-state index in [2.05, 4.69) is 15.3 Å². The quantitative estimate of drug-likeness (QED) is 0.683. The number of ether oxygens (including phenoxy) is 2. The van der Waals surface area contributed by atoms with Gasteiger partial charge in [-0.05, 0) is 43.9 Å². The van der Waals surface area contributed by atoms with Gasteiger partial charge in [0, 0.05) is 29.8 Å². The molecule has 1 saturated carbocycles. The van der Waals surface area contributed by atoms with Gasteiger partial charge in [0.1, 0.15) is 12.6 Å². The standard InChI is InChI=1S/C22H26ClN5O4/c1-31-20-12-24-13-21(26-20)32-18-7-5-16(6-8-18)25-19(29)14-27-9-10-28(22(27)30)17-4-2-3-15(23)11-17/h2-4,11-13,16,18H,5-10,14H2,1H3,(H,25,29). The Morgan fingerprint density at radius 2 is 1.97 bits per heavy atom. The first-order valence-electron chi connectivity index (χ1n) is 10.7. The largest absolute Gasteiger partial charge is 0.480 e. The van der Waals surface area contributed by atoms with E-state index in [4.69, 9.17) is 21.1 Å². The Hall–Kier alpha value is -3.07. The fraction of sp³-hybridized carbons (Fsp3) is 0.455. The summed E-state index contributed by atoms with van der Waals surface area (Å²) < 4.78 is 11.0. The van der Waals surface area contributed by atoms with Crippen LogP contribution in [0.25, 0.3) is 0 Å². The highest BCUT2D eigenvalue weighted by molar-refractivity contribution is 6.30. The highest BCUT2D eigenvalue weighted by Gasteiger charge is 2.32. The summed E-state index contributed by atoms with van der Waals surface area (Å²) in [5.74, 6) is 0.705. The Morgan fingerprint density at radius 3 is 2.72 bits per heavy atom. The topological polar surface area (TPSA) is 96.9 Å². The third kappa shape index (κ3) is 5.40. The average molecular weight is 460 g/mol. The fourth-order valence-corrected chi connectivity index (χ4v) is 4.23. The Kier molecular flexibility index (Phi) is 6.94. The van der Waals surface area contributed by atoms with Gasteiger partial charge in [-0.1, -0.05) is 17.7 Å². The van der Waals surface area contributed by atoms with Crippen LogP contribution in [0.4, 0.5) is 10.5 Å². The second kappa shape index (κ2) is 10.0. The first kappa shape index (κ1) is 22.1. The van der Waals surface area contributed by atoms with Crippen LogP contribution >= 0.6 is 11.6 Å². The van der Waals surface area contributed by atoms with E-state index in [0.29, 0.717) is 29.9 Å². The van der Waals surface area contributed by atoms with Crippen molar-refractivity contribution in [2.24, 2.45) is 0 Å². The molecular formula is C22H26ClN5O4. The minimum absolute atomic E-state index is 0.0240. The first-order chi connectivity index (χ1) is 15.5. The molecule has 2 fully saturated rings. The molecule has 4 rings (SSSR count). The number of carbonyl (C=O) groups excluding carboxylic acids is 2. The number of hydrogen-bond donors (Lipinski definition) is 1. The van der Waals surface area contributed by atoms with E-state index < -0.39 is 0 Å². The van der Waals surface area contributed by atoms with Crippen molar-refractivity contribution in [3.63, 3.8) is 0 Å². The van der Waals surface area contributed by atoms with E-state index in [1.165, 1.54) is 13.3 Å². The Morgan fingerprint density at radius 1 is 1.19 bits per heavy atom. The second-order valence-electron chi connectivity index (χ2n) is 7.89. The van der Waals surface area contributed by atoms with Crippen molar-refractivity contribution in [1.29, 1.82) is 0 Å². The Bertz CT molecular complexity index is 967. The molecule has 1 aliphatic heterocycles. The number of urea groups is 1. The lowest BCUT2D eigenvalue weighted by Crippen LogP contribution is -2.45. The monoisotopic (exact) mass is 459 g/mol. The summed E-state index contributed by atoms with van der Waals surface area (Å²) in [6.07, 6.45) is 6.32. The van der Waals surface area contributed by atoms with Gasteiger partial charge in [0.15, 0.2) is 0 Å². The molecule has 2 aliphatic rings. The highest BCUT2D eigenvalue weighted by atomic mass is 35.5. The number of rotatable bonds is 7. The number of hydrogen-bond acceptors (Lipinski definition) is 6. The van der Waals surface area contributed by atoms with E-state index >= 15 is 0 Å². The molecule has 9 nitrogen and oxygen atoms in total. The van der Waals surface area contributed by atoms with Crippen molar-refractivity contribution < 1.29 is 19.1 Å². The van der Waals surface area contributed by atoms with Crippen LogP contribution in [0.15, 0.2) is 36.7 Å². The van der Waals surface area contributed by atoms with Crippen molar-refractivity contribution in [1.82, 2.24) is 20.2 Å². The van der Waals surface area contributed by atoms with Gasteiger partial charge in [0.2, 0.25) is 17.7 Å². The maximum atomic E-state index is 12.7. The molecule has 2 aromatic rings. The maximum Gasteiger partial charge on any atom is 0.325 e. The summed E-state index contributed by atoms with van der Waals surface area (Å²) in [6, 6.07) is 7.05. The van der Waals surface area contributed by atoms with Crippen LogP contribution in [0.1, 0.15) is 25.7 Å². The number of carbonyl (C=O) groups is 2. The molecule has 1 aliphatic carbocycles. The van der Waals surface area contributed by atoms with E-state index in [1.54, 1.807) is 34.2 Å². The molecule has 1 aromatic carbocycles. The van der Waals surface area contributed by atoms with Gasteiger partial charge >= 0.3 is 6.03 Å². The lowest BCUT2D eigenvalue weighted by Gasteiger charge is -2.29. The fourth-order valence-electron chi connectivity index (χ4n) is 4.04. The summed E-state index contributed by atoms with van der Waals surface area (Å²) in [5, 5.41) is 3.63. The van der Waals surface area contributed by atoms with Crippen LogP contribution < -0.4 is 19.7 Å². The van der Waals surface area contributed by atoms with Crippen molar-refractivity contribution >= 4 is 29.2 Å². The Labute approximate surface area is 191 Å². The molecular weight excluding hydrogens is 434 g/mol. The molecule has 1 aromatic heterocycles. The summed E-state index contributed by atoms with van der Waals surface area (Å²) in [5.41, 5.74) is 0.740. The third-order valence-corrected chi connectivity index (χ3v) is 5.91. The van der Waals surface area contributed by atoms with Crippen molar-refractivity contribution in [3.8, 4) is 11.8 Å². The summed E-state index contributed by atoms with van der Waals surface area (Å²) in [4.78, 5) is 36.7. The molecule has 0 radical (unpaired) electrons. The van der Waals surface area contributed by atoms with Gasteiger partial charge in [0.05, 0.1) is 19.5 Å². The number of aromatic nitrogens is 2. The number of anilines is 1. The normalized spacial score (nSPS) is 20.9. The van der Waals surface area contributed by atoms with Crippen LogP contribution in [0, 0.1) is 0 Å². The number of benzene rings is 1. The number of nitrogens with one attached hydrogen (secondary N) is 1. The zero-order valence-corrected chi connectivity index (χ0v) is 18.6. The predicted octanol–water partition coefficient (Wildman–Crippen LogP) is 2.89. The zero-order chi connectivity index (χ0) is 22.5. The number of nitrogens with zero attached hydrogens (tertiary/aromatic N) is 4. The molecule has 0 spiro atoms. The van der Waals surface area contributed by atoms with Crippen LogP contribution in [0.2, 0.25) is 5.02 Å². The average Bonchev–Trinajstić information content (AvgIpc) is 3.15. The van der Waals surface area contributed by atoms with Crippen molar-refractivity contribution in [2.45, 2.75) is 37.8 Å². The third-order valence-electron chi connectivity index (χ3n) is 5.68. The molecule has 3 amide bonds. The van der Waals surface area contributed by atoms with Gasteiger partial charge in [-0.2, -0.15) is 4.98 Å². The van der Waals surface area contributed by atoms with Crippen molar-refractivity contribution in [3.05, 3.63) is 41.7 Å². The lowest BCUT2D eigenvalue weighted by atomic mass is 9.93. The van der Waals surface area contributed by atoms with Crippen molar-refractivity contribution in [2.75, 3.05) is 31.6 Å². The molecule has 0 unspecified atom stereocenters. The molecule has 32 heavy (non-hydrogen) atoms. The molecule has 0 bridgehead atoms. The van der Waals surface area contributed by atoms with E-state index in [-0.39, 0.29) is 30.6 Å². The molecule has 170 valence electrons. The molecule has 10 heteroatoms. The van der Waals surface area contributed by atoms with Crippen LogP contribution in [-0.2, 0) is 4.79 Å². The van der Waals surface area contributed by atoms with Crippen LogP contribution in [0.5, 0.6) is 11.8 Å². The van der Waals surface area contributed by atoms with E-state index in [0.717, 1.165) is 31.4 Å². The van der Waals surface area contributed by atoms with Crippen LogP contribution in [0.3, 0.4) is 0 Å². The van der Waals surface area contributed by atoms with Gasteiger partial charge in [-0.3, -0.25) is 14.7 Å². The molecule has 1 saturated heterocycles. The number of amides is 3. The number of methoxy groups -OCH3 is 1. The smallest absolute Gasteiger partial charge is 0.325 e. The SMILES string of the molecule is COc1cncc(OC2CCC(NC(=O)CN3CCN(c4cccc(Cl)c4)C3=O)CC2)n1. The van der Waals surface area contributed by atoms with E-state index in [9.17, 15) is 9.59 Å². The molecule has 2 heterocycles.